The van der Waals surface area contributed by atoms with E-state index >= 15 is 0 Å². The predicted molar refractivity (Wildman–Crippen MR) is 44.1 cm³/mol. The van der Waals surface area contributed by atoms with Crippen molar-refractivity contribution in [1.29, 1.82) is 0 Å². The maximum atomic E-state index is 10.7. The first kappa shape index (κ1) is 8.84. The van der Waals surface area contributed by atoms with Gasteiger partial charge in [-0.05, 0) is 18.9 Å². The van der Waals surface area contributed by atoms with Crippen LogP contribution in [0.2, 0.25) is 0 Å². The van der Waals surface area contributed by atoms with Crippen molar-refractivity contribution in [2.45, 2.75) is 26.2 Å². The summed E-state index contributed by atoms with van der Waals surface area (Å²) >= 11 is 0. The zero-order chi connectivity index (χ0) is 9.14. The first-order chi connectivity index (χ1) is 5.66. The minimum Gasteiger partial charge on any atom is -0.481 e. The third-order valence-corrected chi connectivity index (χ3v) is 1.98. The van der Waals surface area contributed by atoms with Gasteiger partial charge in [0.15, 0.2) is 0 Å². The SMILES string of the molecule is CCC(C(=O)O)c1cocc1C. The maximum Gasteiger partial charge on any atom is 0.311 e. The Balaban J connectivity index is 2.94. The number of furan rings is 1. The molecule has 0 aliphatic rings. The Bertz CT molecular complexity index is 275. The second-order valence-electron chi connectivity index (χ2n) is 2.81. The van der Waals surface area contributed by atoms with E-state index in [1.807, 2.05) is 13.8 Å². The molecule has 0 amide bonds. The normalized spacial score (nSPS) is 12.8. The Hall–Kier alpha value is -1.25. The van der Waals surface area contributed by atoms with E-state index in [1.54, 1.807) is 6.26 Å². The summed E-state index contributed by atoms with van der Waals surface area (Å²) in [6.45, 7) is 3.70. The Labute approximate surface area is 71.0 Å². The minimum atomic E-state index is -0.790. The lowest BCUT2D eigenvalue weighted by Gasteiger charge is -2.07. The molecule has 1 atom stereocenters. The van der Waals surface area contributed by atoms with E-state index in [0.717, 1.165) is 11.1 Å². The van der Waals surface area contributed by atoms with Crippen molar-refractivity contribution in [2.75, 3.05) is 0 Å². The van der Waals surface area contributed by atoms with Crippen molar-refractivity contribution in [3.8, 4) is 0 Å². The highest BCUT2D eigenvalue weighted by molar-refractivity contribution is 5.76. The van der Waals surface area contributed by atoms with Gasteiger partial charge in [-0.3, -0.25) is 4.79 Å². The molecule has 1 N–H and O–H groups in total. The summed E-state index contributed by atoms with van der Waals surface area (Å²) in [7, 11) is 0. The summed E-state index contributed by atoms with van der Waals surface area (Å²) in [6, 6.07) is 0. The van der Waals surface area contributed by atoms with Crippen LogP contribution in [0.4, 0.5) is 0 Å². The van der Waals surface area contributed by atoms with Gasteiger partial charge in [0.2, 0.25) is 0 Å². The van der Waals surface area contributed by atoms with E-state index in [9.17, 15) is 4.79 Å². The van der Waals surface area contributed by atoms with Crippen LogP contribution in [0.1, 0.15) is 30.4 Å². The lowest BCUT2D eigenvalue weighted by molar-refractivity contribution is -0.138. The molecule has 0 aliphatic carbocycles. The lowest BCUT2D eigenvalue weighted by Crippen LogP contribution is -2.10. The third kappa shape index (κ3) is 1.49. The van der Waals surface area contributed by atoms with Crippen LogP contribution in [0.15, 0.2) is 16.9 Å². The monoisotopic (exact) mass is 168 g/mol. The smallest absolute Gasteiger partial charge is 0.311 e. The molecule has 1 aromatic rings. The van der Waals surface area contributed by atoms with Gasteiger partial charge in [0, 0.05) is 5.56 Å². The third-order valence-electron chi connectivity index (χ3n) is 1.98. The van der Waals surface area contributed by atoms with Crippen LogP contribution in [-0.2, 0) is 4.79 Å². The summed E-state index contributed by atoms with van der Waals surface area (Å²) in [5.74, 6) is -1.22. The van der Waals surface area contributed by atoms with Gasteiger partial charge < -0.3 is 9.52 Å². The van der Waals surface area contributed by atoms with Gasteiger partial charge in [-0.15, -0.1) is 0 Å². The zero-order valence-corrected chi connectivity index (χ0v) is 7.20. The van der Waals surface area contributed by atoms with Crippen LogP contribution in [-0.4, -0.2) is 11.1 Å². The summed E-state index contributed by atoms with van der Waals surface area (Å²) in [6.07, 6.45) is 3.67. The number of carboxylic acids is 1. The summed E-state index contributed by atoms with van der Waals surface area (Å²) in [4.78, 5) is 10.7. The van der Waals surface area contributed by atoms with Gasteiger partial charge in [0.25, 0.3) is 0 Å². The lowest BCUT2D eigenvalue weighted by atomic mass is 9.97. The fourth-order valence-electron chi connectivity index (χ4n) is 1.25. The standard InChI is InChI=1S/C9H12O3/c1-3-7(9(10)11)8-5-12-4-6(8)2/h4-5,7H,3H2,1-2H3,(H,10,11). The molecule has 0 aromatic carbocycles. The molecule has 1 aromatic heterocycles. The van der Waals surface area contributed by atoms with Crippen molar-refractivity contribution < 1.29 is 14.3 Å². The number of rotatable bonds is 3. The first-order valence-electron chi connectivity index (χ1n) is 3.92. The Kier molecular flexibility index (Phi) is 2.53. The van der Waals surface area contributed by atoms with Crippen LogP contribution in [0, 0.1) is 6.92 Å². The molecule has 1 unspecified atom stereocenters. The van der Waals surface area contributed by atoms with E-state index in [1.165, 1.54) is 6.26 Å². The van der Waals surface area contributed by atoms with E-state index in [-0.39, 0.29) is 0 Å². The van der Waals surface area contributed by atoms with Crippen LogP contribution in [0.25, 0.3) is 0 Å². The van der Waals surface area contributed by atoms with E-state index in [0.29, 0.717) is 6.42 Å². The Morgan fingerprint density at radius 2 is 2.33 bits per heavy atom. The van der Waals surface area contributed by atoms with Gasteiger partial charge >= 0.3 is 5.97 Å². The molecule has 0 aliphatic heterocycles. The predicted octanol–water partition coefficient (Wildman–Crippen LogP) is 2.17. The van der Waals surface area contributed by atoms with Crippen molar-refractivity contribution in [2.24, 2.45) is 0 Å². The van der Waals surface area contributed by atoms with E-state index in [2.05, 4.69) is 0 Å². The fraction of sp³-hybridized carbons (Fsp3) is 0.444. The molecule has 66 valence electrons. The molecule has 0 spiro atoms. The first-order valence-corrected chi connectivity index (χ1v) is 3.92. The van der Waals surface area contributed by atoms with Crippen LogP contribution in [0.5, 0.6) is 0 Å². The molecule has 3 heteroatoms. The molecule has 1 rings (SSSR count). The zero-order valence-electron chi connectivity index (χ0n) is 7.20. The van der Waals surface area contributed by atoms with Crippen molar-refractivity contribution >= 4 is 5.97 Å². The Morgan fingerprint density at radius 3 is 2.67 bits per heavy atom. The second-order valence-corrected chi connectivity index (χ2v) is 2.81. The van der Waals surface area contributed by atoms with Gasteiger partial charge in [0.1, 0.15) is 0 Å². The summed E-state index contributed by atoms with van der Waals surface area (Å²) in [5.41, 5.74) is 1.69. The molecule has 0 fully saturated rings. The molecule has 3 nitrogen and oxygen atoms in total. The molecule has 0 bridgehead atoms. The van der Waals surface area contributed by atoms with Crippen molar-refractivity contribution in [1.82, 2.24) is 0 Å². The molecule has 0 saturated heterocycles. The summed E-state index contributed by atoms with van der Waals surface area (Å²) < 4.78 is 4.91. The molecule has 1 heterocycles. The van der Waals surface area contributed by atoms with Gasteiger partial charge in [-0.25, -0.2) is 0 Å². The van der Waals surface area contributed by atoms with Gasteiger partial charge in [0.05, 0.1) is 18.4 Å². The molecule has 0 radical (unpaired) electrons. The highest BCUT2D eigenvalue weighted by atomic mass is 16.4. The number of carbonyl (C=O) groups is 1. The number of aliphatic carboxylic acids is 1. The molecule has 12 heavy (non-hydrogen) atoms. The minimum absolute atomic E-state index is 0.427. The topological polar surface area (TPSA) is 50.4 Å². The van der Waals surface area contributed by atoms with Crippen molar-refractivity contribution in [3.63, 3.8) is 0 Å². The maximum absolute atomic E-state index is 10.7. The highest BCUT2D eigenvalue weighted by Gasteiger charge is 2.20. The van der Waals surface area contributed by atoms with Gasteiger partial charge in [-0.1, -0.05) is 6.92 Å². The molecular formula is C9H12O3. The number of hydrogen-bond donors (Lipinski definition) is 1. The van der Waals surface area contributed by atoms with Crippen LogP contribution < -0.4 is 0 Å². The molecular weight excluding hydrogens is 156 g/mol. The van der Waals surface area contributed by atoms with Gasteiger partial charge in [-0.2, -0.15) is 0 Å². The van der Waals surface area contributed by atoms with Crippen LogP contribution in [0.3, 0.4) is 0 Å². The van der Waals surface area contributed by atoms with E-state index < -0.39 is 11.9 Å². The summed E-state index contributed by atoms with van der Waals surface area (Å²) in [5, 5.41) is 8.83. The number of carboxylic acid groups (broad SMARTS) is 1. The highest BCUT2D eigenvalue weighted by Crippen LogP contribution is 2.23. The fourth-order valence-corrected chi connectivity index (χ4v) is 1.25. The number of aryl methyl sites for hydroxylation is 1. The quantitative estimate of drug-likeness (QED) is 0.752. The van der Waals surface area contributed by atoms with E-state index in [4.69, 9.17) is 9.52 Å². The number of hydrogen-bond acceptors (Lipinski definition) is 2. The average molecular weight is 168 g/mol. The largest absolute Gasteiger partial charge is 0.481 e. The Morgan fingerprint density at radius 1 is 1.67 bits per heavy atom. The van der Waals surface area contributed by atoms with Crippen molar-refractivity contribution in [3.05, 3.63) is 23.7 Å². The molecule has 0 saturated carbocycles. The van der Waals surface area contributed by atoms with Crippen LogP contribution >= 0.6 is 0 Å². The average Bonchev–Trinajstić information content (AvgIpc) is 2.38. The second kappa shape index (κ2) is 3.43.